The summed E-state index contributed by atoms with van der Waals surface area (Å²) in [4.78, 5) is 12.2. The summed E-state index contributed by atoms with van der Waals surface area (Å²) in [6.45, 7) is 4.57. The molecule has 0 spiro atoms. The molecule has 2 fully saturated rings. The third-order valence-electron chi connectivity index (χ3n) is 4.61. The van der Waals surface area contributed by atoms with Gasteiger partial charge in [-0.25, -0.2) is 0 Å². The zero-order valence-corrected chi connectivity index (χ0v) is 10.2. The van der Waals surface area contributed by atoms with Crippen LogP contribution >= 0.6 is 0 Å². The van der Waals surface area contributed by atoms with Crippen LogP contribution in [0.15, 0.2) is 0 Å². The SMILES string of the molecule is CC1(C)CCCCC1C(=O)CC1CCC1. The van der Waals surface area contributed by atoms with Crippen LogP contribution in [0.4, 0.5) is 0 Å². The van der Waals surface area contributed by atoms with Gasteiger partial charge >= 0.3 is 0 Å². The smallest absolute Gasteiger partial charge is 0.136 e. The third kappa shape index (κ3) is 2.43. The van der Waals surface area contributed by atoms with Crippen molar-refractivity contribution >= 4 is 5.78 Å². The summed E-state index contributed by atoms with van der Waals surface area (Å²) in [5.74, 6) is 1.69. The lowest BCUT2D eigenvalue weighted by Gasteiger charge is -2.39. The summed E-state index contributed by atoms with van der Waals surface area (Å²) in [5, 5.41) is 0. The first-order valence-electron chi connectivity index (χ1n) is 6.62. The highest BCUT2D eigenvalue weighted by atomic mass is 16.1. The van der Waals surface area contributed by atoms with E-state index in [2.05, 4.69) is 13.8 Å². The zero-order valence-electron chi connectivity index (χ0n) is 10.2. The van der Waals surface area contributed by atoms with Crippen molar-refractivity contribution in [2.75, 3.05) is 0 Å². The lowest BCUT2D eigenvalue weighted by Crippen LogP contribution is -2.35. The number of carbonyl (C=O) groups excluding carboxylic acids is 1. The van der Waals surface area contributed by atoms with Crippen molar-refractivity contribution in [2.24, 2.45) is 17.3 Å². The van der Waals surface area contributed by atoms with Gasteiger partial charge in [-0.1, -0.05) is 46.0 Å². The van der Waals surface area contributed by atoms with Gasteiger partial charge < -0.3 is 0 Å². The van der Waals surface area contributed by atoms with Gasteiger partial charge in [0.05, 0.1) is 0 Å². The highest BCUT2D eigenvalue weighted by Crippen LogP contribution is 2.43. The van der Waals surface area contributed by atoms with E-state index in [9.17, 15) is 4.79 Å². The van der Waals surface area contributed by atoms with Crippen LogP contribution in [-0.4, -0.2) is 5.78 Å². The van der Waals surface area contributed by atoms with E-state index in [1.54, 1.807) is 0 Å². The largest absolute Gasteiger partial charge is 0.299 e. The standard InChI is InChI=1S/C14H24O/c1-14(2)9-4-3-8-12(14)13(15)10-11-6-5-7-11/h11-12H,3-10H2,1-2H3. The molecular formula is C14H24O. The molecule has 0 N–H and O–H groups in total. The van der Waals surface area contributed by atoms with Gasteiger partial charge in [0.25, 0.3) is 0 Å². The first kappa shape index (κ1) is 11.2. The zero-order chi connectivity index (χ0) is 10.9. The Kier molecular flexibility index (Phi) is 3.18. The Morgan fingerprint density at radius 3 is 2.40 bits per heavy atom. The molecule has 86 valence electrons. The molecule has 0 bridgehead atoms. The Hall–Kier alpha value is -0.330. The topological polar surface area (TPSA) is 17.1 Å². The Labute approximate surface area is 93.6 Å². The van der Waals surface area contributed by atoms with Crippen molar-refractivity contribution < 1.29 is 4.79 Å². The predicted molar refractivity (Wildman–Crippen MR) is 62.7 cm³/mol. The quantitative estimate of drug-likeness (QED) is 0.686. The number of rotatable bonds is 3. The fraction of sp³-hybridized carbons (Fsp3) is 0.929. The van der Waals surface area contributed by atoms with E-state index < -0.39 is 0 Å². The molecule has 1 unspecified atom stereocenters. The summed E-state index contributed by atoms with van der Waals surface area (Å²) in [6, 6.07) is 0. The fourth-order valence-corrected chi connectivity index (χ4v) is 3.21. The van der Waals surface area contributed by atoms with Gasteiger partial charge in [0.1, 0.15) is 5.78 Å². The number of hydrogen-bond acceptors (Lipinski definition) is 1. The van der Waals surface area contributed by atoms with Crippen LogP contribution in [0.2, 0.25) is 0 Å². The maximum atomic E-state index is 12.2. The second-order valence-corrected chi connectivity index (χ2v) is 6.25. The van der Waals surface area contributed by atoms with Gasteiger partial charge in [0.2, 0.25) is 0 Å². The molecule has 0 heterocycles. The van der Waals surface area contributed by atoms with Gasteiger partial charge in [-0.2, -0.15) is 0 Å². The van der Waals surface area contributed by atoms with Gasteiger partial charge in [-0.15, -0.1) is 0 Å². The lowest BCUT2D eigenvalue weighted by molar-refractivity contribution is -0.129. The van der Waals surface area contributed by atoms with Crippen molar-refractivity contribution in [3.63, 3.8) is 0 Å². The van der Waals surface area contributed by atoms with Gasteiger partial charge in [-0.05, 0) is 24.2 Å². The van der Waals surface area contributed by atoms with Crippen LogP contribution in [-0.2, 0) is 4.79 Å². The Morgan fingerprint density at radius 1 is 1.13 bits per heavy atom. The molecule has 2 rings (SSSR count). The number of hydrogen-bond donors (Lipinski definition) is 0. The molecule has 0 aromatic heterocycles. The summed E-state index contributed by atoms with van der Waals surface area (Å²) < 4.78 is 0. The molecule has 2 saturated carbocycles. The first-order chi connectivity index (χ1) is 7.09. The van der Waals surface area contributed by atoms with E-state index in [0.29, 0.717) is 11.7 Å². The van der Waals surface area contributed by atoms with Crippen molar-refractivity contribution in [3.05, 3.63) is 0 Å². The van der Waals surface area contributed by atoms with Crippen LogP contribution < -0.4 is 0 Å². The Balaban J connectivity index is 1.91. The molecule has 0 aromatic rings. The molecule has 0 amide bonds. The van der Waals surface area contributed by atoms with E-state index in [4.69, 9.17) is 0 Å². The highest BCUT2D eigenvalue weighted by Gasteiger charge is 2.37. The van der Waals surface area contributed by atoms with Gasteiger partial charge in [0.15, 0.2) is 0 Å². The Morgan fingerprint density at radius 2 is 1.87 bits per heavy atom. The minimum Gasteiger partial charge on any atom is -0.299 e. The summed E-state index contributed by atoms with van der Waals surface area (Å²) in [5.41, 5.74) is 0.277. The normalized spacial score (nSPS) is 30.9. The average Bonchev–Trinajstić information content (AvgIpc) is 2.10. The summed E-state index contributed by atoms with van der Waals surface area (Å²) in [7, 11) is 0. The van der Waals surface area contributed by atoms with Crippen LogP contribution in [0.25, 0.3) is 0 Å². The second kappa shape index (κ2) is 4.27. The number of carbonyl (C=O) groups is 1. The van der Waals surface area contributed by atoms with Crippen molar-refractivity contribution in [2.45, 2.75) is 65.2 Å². The number of Topliss-reactive ketones (excluding diaryl/α,β-unsaturated/α-hetero) is 1. The summed E-state index contributed by atoms with van der Waals surface area (Å²) in [6.07, 6.45) is 9.83. The number of ketones is 1. The lowest BCUT2D eigenvalue weighted by atomic mass is 9.65. The molecule has 0 aliphatic heterocycles. The molecule has 1 atom stereocenters. The van der Waals surface area contributed by atoms with Gasteiger partial charge in [0, 0.05) is 12.3 Å². The molecular weight excluding hydrogens is 184 g/mol. The van der Waals surface area contributed by atoms with E-state index >= 15 is 0 Å². The minimum absolute atomic E-state index is 0.277. The fourth-order valence-electron chi connectivity index (χ4n) is 3.21. The first-order valence-corrected chi connectivity index (χ1v) is 6.62. The van der Waals surface area contributed by atoms with E-state index in [-0.39, 0.29) is 5.41 Å². The molecule has 0 aromatic carbocycles. The predicted octanol–water partition coefficient (Wildman–Crippen LogP) is 3.96. The third-order valence-corrected chi connectivity index (χ3v) is 4.61. The molecule has 15 heavy (non-hydrogen) atoms. The van der Waals surface area contributed by atoms with E-state index in [1.807, 2.05) is 0 Å². The monoisotopic (exact) mass is 208 g/mol. The highest BCUT2D eigenvalue weighted by molar-refractivity contribution is 5.82. The van der Waals surface area contributed by atoms with E-state index in [0.717, 1.165) is 18.8 Å². The van der Waals surface area contributed by atoms with Crippen molar-refractivity contribution in [3.8, 4) is 0 Å². The molecule has 1 nitrogen and oxygen atoms in total. The van der Waals surface area contributed by atoms with Crippen molar-refractivity contribution in [1.82, 2.24) is 0 Å². The molecule has 2 aliphatic carbocycles. The molecule has 0 radical (unpaired) electrons. The average molecular weight is 208 g/mol. The maximum Gasteiger partial charge on any atom is 0.136 e. The maximum absolute atomic E-state index is 12.2. The molecule has 2 aliphatic rings. The molecule has 0 saturated heterocycles. The minimum atomic E-state index is 0.277. The van der Waals surface area contributed by atoms with Gasteiger partial charge in [-0.3, -0.25) is 4.79 Å². The van der Waals surface area contributed by atoms with Crippen LogP contribution in [0.1, 0.15) is 65.2 Å². The molecule has 1 heteroatoms. The van der Waals surface area contributed by atoms with Crippen molar-refractivity contribution in [1.29, 1.82) is 0 Å². The van der Waals surface area contributed by atoms with E-state index in [1.165, 1.54) is 38.5 Å². The van der Waals surface area contributed by atoms with Crippen LogP contribution in [0.5, 0.6) is 0 Å². The van der Waals surface area contributed by atoms with Crippen LogP contribution in [0, 0.1) is 17.3 Å². The second-order valence-electron chi connectivity index (χ2n) is 6.25. The Bertz CT molecular complexity index is 238. The van der Waals surface area contributed by atoms with Crippen LogP contribution in [0.3, 0.4) is 0 Å². The summed E-state index contributed by atoms with van der Waals surface area (Å²) >= 11 is 0.